The smallest absolute Gasteiger partial charge is 0.311 e. The number of hydrogen-bond donors (Lipinski definition) is 3. The highest BCUT2D eigenvalue weighted by atomic mass is 16.5. The zero-order chi connectivity index (χ0) is 15.7. The number of anilines is 1. The molecule has 5 heteroatoms. The van der Waals surface area contributed by atoms with E-state index >= 15 is 0 Å². The van der Waals surface area contributed by atoms with Crippen LogP contribution in [0.1, 0.15) is 23.0 Å². The van der Waals surface area contributed by atoms with Gasteiger partial charge >= 0.3 is 5.97 Å². The number of carboxylic acid groups (broad SMARTS) is 1. The molecule has 3 rings (SSSR count). The minimum absolute atomic E-state index is 0.234. The molecule has 0 radical (unpaired) electrons. The van der Waals surface area contributed by atoms with Crippen LogP contribution in [0.3, 0.4) is 0 Å². The van der Waals surface area contributed by atoms with Gasteiger partial charge in [-0.25, -0.2) is 0 Å². The Balaban J connectivity index is 2.24. The van der Waals surface area contributed by atoms with Crippen molar-refractivity contribution in [1.82, 2.24) is 5.32 Å². The van der Waals surface area contributed by atoms with Crippen molar-refractivity contribution in [1.29, 1.82) is 0 Å². The maximum atomic E-state index is 12.0. The molecule has 2 aromatic rings. The topological polar surface area (TPSA) is 84.6 Å². The summed E-state index contributed by atoms with van der Waals surface area (Å²) in [5, 5.41) is 12.9. The lowest BCUT2D eigenvalue weighted by atomic mass is 9.81. The molecule has 1 heterocycles. The Kier molecular flexibility index (Phi) is 3.73. The van der Waals surface area contributed by atoms with Gasteiger partial charge in [-0.3, -0.25) is 4.79 Å². The second-order valence-electron chi connectivity index (χ2n) is 5.42. The summed E-state index contributed by atoms with van der Waals surface area (Å²) in [5.41, 5.74) is 7.89. The molecule has 0 amide bonds. The van der Waals surface area contributed by atoms with Crippen LogP contribution in [0.25, 0.3) is 0 Å². The van der Waals surface area contributed by atoms with E-state index in [0.29, 0.717) is 29.3 Å². The normalized spacial score (nSPS) is 19.5. The van der Waals surface area contributed by atoms with E-state index in [1.165, 1.54) is 0 Å². The van der Waals surface area contributed by atoms with Crippen LogP contribution in [0.15, 0.2) is 42.5 Å². The number of ether oxygens (including phenoxy) is 1. The van der Waals surface area contributed by atoms with E-state index in [0.717, 1.165) is 5.56 Å². The van der Waals surface area contributed by atoms with E-state index < -0.39 is 11.9 Å². The molecule has 114 valence electrons. The molecule has 0 aliphatic carbocycles. The van der Waals surface area contributed by atoms with E-state index in [1.807, 2.05) is 31.3 Å². The molecule has 2 aromatic carbocycles. The second kappa shape index (κ2) is 5.69. The van der Waals surface area contributed by atoms with Gasteiger partial charge in [0.05, 0.1) is 5.92 Å². The van der Waals surface area contributed by atoms with E-state index in [1.54, 1.807) is 18.2 Å². The van der Waals surface area contributed by atoms with Crippen molar-refractivity contribution in [2.45, 2.75) is 11.8 Å². The van der Waals surface area contributed by atoms with Crippen LogP contribution in [0.5, 0.6) is 11.5 Å². The van der Waals surface area contributed by atoms with E-state index in [-0.39, 0.29) is 5.92 Å². The lowest BCUT2D eigenvalue weighted by molar-refractivity contribution is -0.139. The first kappa shape index (κ1) is 14.4. The summed E-state index contributed by atoms with van der Waals surface area (Å²) in [6.07, 6.45) is 0. The Morgan fingerprint density at radius 1 is 1.23 bits per heavy atom. The van der Waals surface area contributed by atoms with Gasteiger partial charge in [-0.15, -0.1) is 0 Å². The number of hydrogen-bond acceptors (Lipinski definition) is 4. The van der Waals surface area contributed by atoms with Crippen LogP contribution in [-0.2, 0) is 4.79 Å². The first-order valence-electron chi connectivity index (χ1n) is 7.15. The van der Waals surface area contributed by atoms with Crippen molar-refractivity contribution in [3.63, 3.8) is 0 Å². The van der Waals surface area contributed by atoms with Gasteiger partial charge in [-0.05, 0) is 31.3 Å². The Bertz CT molecular complexity index is 715. The Morgan fingerprint density at radius 2 is 1.95 bits per heavy atom. The number of aliphatic carboxylic acids is 1. The van der Waals surface area contributed by atoms with Gasteiger partial charge < -0.3 is 20.9 Å². The summed E-state index contributed by atoms with van der Waals surface area (Å²) in [5.74, 6) is -0.589. The molecule has 0 spiro atoms. The van der Waals surface area contributed by atoms with Crippen molar-refractivity contribution in [3.05, 3.63) is 53.6 Å². The molecule has 0 saturated heterocycles. The van der Waals surface area contributed by atoms with Crippen LogP contribution in [-0.4, -0.2) is 24.7 Å². The van der Waals surface area contributed by atoms with Crippen molar-refractivity contribution >= 4 is 11.7 Å². The van der Waals surface area contributed by atoms with Gasteiger partial charge in [0, 0.05) is 29.3 Å². The van der Waals surface area contributed by atoms with Crippen LogP contribution in [0, 0.1) is 0 Å². The third-order valence-corrected chi connectivity index (χ3v) is 4.00. The molecule has 2 atom stereocenters. The van der Waals surface area contributed by atoms with Crippen molar-refractivity contribution in [2.24, 2.45) is 0 Å². The fourth-order valence-corrected chi connectivity index (χ4v) is 3.05. The predicted molar refractivity (Wildman–Crippen MR) is 84.4 cm³/mol. The zero-order valence-corrected chi connectivity index (χ0v) is 12.2. The molecular weight excluding hydrogens is 280 g/mol. The summed E-state index contributed by atoms with van der Waals surface area (Å²) in [6.45, 7) is 0.533. The van der Waals surface area contributed by atoms with E-state index in [2.05, 4.69) is 5.32 Å². The van der Waals surface area contributed by atoms with Gasteiger partial charge in [0.25, 0.3) is 0 Å². The fraction of sp³-hybridized carbons (Fsp3) is 0.235. The number of para-hydroxylation sites is 1. The Morgan fingerprint density at radius 3 is 2.68 bits per heavy atom. The summed E-state index contributed by atoms with van der Waals surface area (Å²) >= 11 is 0. The molecule has 4 N–H and O–H groups in total. The van der Waals surface area contributed by atoms with Crippen LogP contribution < -0.4 is 15.8 Å². The average Bonchev–Trinajstić information content (AvgIpc) is 2.62. The van der Waals surface area contributed by atoms with Gasteiger partial charge in [0.15, 0.2) is 0 Å². The summed E-state index contributed by atoms with van der Waals surface area (Å²) in [6, 6.07) is 12.7. The molecule has 0 bridgehead atoms. The molecule has 1 aliphatic rings. The van der Waals surface area contributed by atoms with Gasteiger partial charge in [-0.2, -0.15) is 0 Å². The number of benzene rings is 2. The SMILES string of the molecule is CNC[C@@H]1c2ccccc2Oc2ccc(N)cc2[C@H]1C(=O)O. The zero-order valence-electron chi connectivity index (χ0n) is 12.2. The van der Waals surface area contributed by atoms with Crippen LogP contribution in [0.2, 0.25) is 0 Å². The highest BCUT2D eigenvalue weighted by Crippen LogP contribution is 2.46. The van der Waals surface area contributed by atoms with Crippen molar-refractivity contribution in [2.75, 3.05) is 19.3 Å². The second-order valence-corrected chi connectivity index (χ2v) is 5.42. The highest BCUT2D eigenvalue weighted by molar-refractivity contribution is 5.80. The first-order valence-corrected chi connectivity index (χ1v) is 7.15. The minimum Gasteiger partial charge on any atom is -0.481 e. The molecule has 0 fully saturated rings. The fourth-order valence-electron chi connectivity index (χ4n) is 3.05. The van der Waals surface area contributed by atoms with Gasteiger partial charge in [0.2, 0.25) is 0 Å². The molecular formula is C17H18N2O3. The van der Waals surface area contributed by atoms with Crippen LogP contribution >= 0.6 is 0 Å². The van der Waals surface area contributed by atoms with Crippen LogP contribution in [0.4, 0.5) is 5.69 Å². The Hall–Kier alpha value is -2.53. The molecule has 22 heavy (non-hydrogen) atoms. The summed E-state index contributed by atoms with van der Waals surface area (Å²) in [7, 11) is 1.81. The third-order valence-electron chi connectivity index (χ3n) is 4.00. The lowest BCUT2D eigenvalue weighted by Gasteiger charge is -2.23. The number of fused-ring (bicyclic) bond motifs is 2. The standard InChI is InChI=1S/C17H18N2O3/c1-19-9-13-11-4-2-3-5-14(11)22-15-7-6-10(18)8-12(15)16(13)17(20)21/h2-8,13,16,19H,9,18H2,1H3,(H,20,21)/t13-,16-/m1/s1. The lowest BCUT2D eigenvalue weighted by Crippen LogP contribution is -2.27. The van der Waals surface area contributed by atoms with Crippen molar-refractivity contribution in [3.8, 4) is 11.5 Å². The molecule has 5 nitrogen and oxygen atoms in total. The average molecular weight is 298 g/mol. The maximum Gasteiger partial charge on any atom is 0.311 e. The number of rotatable bonds is 3. The number of nitrogens with one attached hydrogen (secondary N) is 1. The van der Waals surface area contributed by atoms with E-state index in [9.17, 15) is 9.90 Å². The number of carbonyl (C=O) groups is 1. The quantitative estimate of drug-likeness (QED) is 0.758. The largest absolute Gasteiger partial charge is 0.481 e. The van der Waals surface area contributed by atoms with Gasteiger partial charge in [0.1, 0.15) is 11.5 Å². The molecule has 1 aliphatic heterocycles. The van der Waals surface area contributed by atoms with Gasteiger partial charge in [-0.1, -0.05) is 18.2 Å². The monoisotopic (exact) mass is 298 g/mol. The summed E-state index contributed by atoms with van der Waals surface area (Å²) in [4.78, 5) is 12.0. The minimum atomic E-state index is -0.882. The molecule has 0 aromatic heterocycles. The Labute approximate surface area is 128 Å². The third kappa shape index (κ3) is 2.40. The predicted octanol–water partition coefficient (Wildman–Crippen LogP) is 2.55. The first-order chi connectivity index (χ1) is 10.6. The number of carboxylic acids is 1. The molecule has 0 saturated carbocycles. The number of likely N-dealkylation sites (N-methyl/N-ethyl adjacent to an activating group) is 1. The molecule has 0 unspecified atom stereocenters. The van der Waals surface area contributed by atoms with Crippen molar-refractivity contribution < 1.29 is 14.6 Å². The number of nitrogens with two attached hydrogens (primary N) is 1. The van der Waals surface area contributed by atoms with E-state index in [4.69, 9.17) is 10.5 Å². The summed E-state index contributed by atoms with van der Waals surface area (Å²) < 4.78 is 5.97. The highest BCUT2D eigenvalue weighted by Gasteiger charge is 2.37. The number of nitrogen functional groups attached to an aromatic ring is 1. The maximum absolute atomic E-state index is 12.0.